The third-order valence-electron chi connectivity index (χ3n) is 5.23. The first-order valence-electron chi connectivity index (χ1n) is 8.61. The first-order chi connectivity index (χ1) is 10.3. The van der Waals surface area contributed by atoms with Gasteiger partial charge < -0.3 is 10.2 Å². The van der Waals surface area contributed by atoms with Crippen LogP contribution in [-0.2, 0) is 6.42 Å². The summed E-state index contributed by atoms with van der Waals surface area (Å²) in [7, 11) is 0. The van der Waals surface area contributed by atoms with Gasteiger partial charge >= 0.3 is 0 Å². The van der Waals surface area contributed by atoms with Crippen LogP contribution >= 0.6 is 0 Å². The smallest absolute Gasteiger partial charge is 0.0480 e. The van der Waals surface area contributed by atoms with Crippen LogP contribution in [-0.4, -0.2) is 55.1 Å². The van der Waals surface area contributed by atoms with Crippen molar-refractivity contribution in [1.29, 1.82) is 0 Å². The maximum atomic E-state index is 3.76. The lowest BCUT2D eigenvalue weighted by atomic mass is 9.83. The van der Waals surface area contributed by atoms with Crippen molar-refractivity contribution in [2.24, 2.45) is 0 Å². The molecule has 3 heteroatoms. The molecule has 1 fully saturated rings. The molecule has 0 radical (unpaired) electrons. The van der Waals surface area contributed by atoms with Crippen LogP contribution in [0.1, 0.15) is 37.4 Å². The molecule has 1 saturated heterocycles. The van der Waals surface area contributed by atoms with Crippen molar-refractivity contribution in [3.63, 3.8) is 0 Å². The van der Waals surface area contributed by atoms with Crippen LogP contribution < -0.4 is 5.32 Å². The Morgan fingerprint density at radius 2 is 1.86 bits per heavy atom. The van der Waals surface area contributed by atoms with Gasteiger partial charge in [0, 0.05) is 38.3 Å². The Bertz CT molecular complexity index is 452. The van der Waals surface area contributed by atoms with E-state index in [0.29, 0.717) is 12.1 Å². The Morgan fingerprint density at radius 1 is 1.10 bits per heavy atom. The Labute approximate surface area is 129 Å². The quantitative estimate of drug-likeness (QED) is 0.916. The number of hydrogen-bond acceptors (Lipinski definition) is 3. The van der Waals surface area contributed by atoms with Crippen molar-refractivity contribution in [1.82, 2.24) is 15.1 Å². The number of piperazine rings is 1. The zero-order valence-electron chi connectivity index (χ0n) is 13.5. The molecule has 0 amide bonds. The number of nitrogens with one attached hydrogen (secondary N) is 1. The molecular formula is C18H29N3. The van der Waals surface area contributed by atoms with Gasteiger partial charge in [-0.05, 0) is 37.1 Å². The molecule has 1 N–H and O–H groups in total. The molecule has 2 aliphatic rings. The third kappa shape index (κ3) is 3.15. The largest absolute Gasteiger partial charge is 0.309 e. The van der Waals surface area contributed by atoms with E-state index in [4.69, 9.17) is 0 Å². The van der Waals surface area contributed by atoms with Crippen LogP contribution in [0.25, 0.3) is 0 Å². The van der Waals surface area contributed by atoms with E-state index in [-0.39, 0.29) is 0 Å². The highest BCUT2D eigenvalue weighted by molar-refractivity contribution is 5.34. The van der Waals surface area contributed by atoms with Gasteiger partial charge in [0.2, 0.25) is 0 Å². The van der Waals surface area contributed by atoms with Gasteiger partial charge in [-0.2, -0.15) is 0 Å². The van der Waals surface area contributed by atoms with Gasteiger partial charge in [-0.15, -0.1) is 0 Å². The second-order valence-corrected chi connectivity index (χ2v) is 6.31. The van der Waals surface area contributed by atoms with E-state index in [1.165, 1.54) is 51.1 Å². The molecule has 1 aromatic carbocycles. The Kier molecular flexibility index (Phi) is 4.94. The molecule has 0 spiro atoms. The lowest BCUT2D eigenvalue weighted by Gasteiger charge is -2.45. The first-order valence-corrected chi connectivity index (χ1v) is 8.61. The average molecular weight is 287 g/mol. The minimum Gasteiger partial charge on any atom is -0.309 e. The van der Waals surface area contributed by atoms with Crippen molar-refractivity contribution in [2.75, 3.05) is 39.3 Å². The van der Waals surface area contributed by atoms with Crippen LogP contribution in [0.4, 0.5) is 0 Å². The summed E-state index contributed by atoms with van der Waals surface area (Å²) in [4.78, 5) is 5.30. The number of rotatable bonds is 4. The molecule has 1 aromatic rings. The van der Waals surface area contributed by atoms with Gasteiger partial charge in [-0.3, -0.25) is 4.90 Å². The summed E-state index contributed by atoms with van der Waals surface area (Å²) in [6, 6.07) is 10.2. The summed E-state index contributed by atoms with van der Waals surface area (Å²) in [5.74, 6) is 0. The van der Waals surface area contributed by atoms with E-state index < -0.39 is 0 Å². The highest BCUT2D eigenvalue weighted by atomic mass is 15.3. The molecule has 0 saturated carbocycles. The highest BCUT2D eigenvalue weighted by Gasteiger charge is 2.34. The van der Waals surface area contributed by atoms with Crippen molar-refractivity contribution >= 4 is 0 Å². The van der Waals surface area contributed by atoms with Crippen molar-refractivity contribution < 1.29 is 0 Å². The van der Waals surface area contributed by atoms with Gasteiger partial charge in [-0.25, -0.2) is 0 Å². The van der Waals surface area contributed by atoms with Crippen LogP contribution in [0.15, 0.2) is 24.3 Å². The lowest BCUT2D eigenvalue weighted by molar-refractivity contribution is 0.0730. The summed E-state index contributed by atoms with van der Waals surface area (Å²) >= 11 is 0. The Hall–Kier alpha value is -0.900. The fourth-order valence-electron chi connectivity index (χ4n) is 4.01. The molecule has 2 atom stereocenters. The highest BCUT2D eigenvalue weighted by Crippen LogP contribution is 2.33. The zero-order valence-corrected chi connectivity index (χ0v) is 13.5. The number of benzene rings is 1. The summed E-state index contributed by atoms with van der Waals surface area (Å²) in [6.07, 6.45) is 2.53. The summed E-state index contributed by atoms with van der Waals surface area (Å²) in [5, 5.41) is 3.76. The molecule has 1 heterocycles. The molecule has 0 aromatic heterocycles. The number of aryl methyl sites for hydroxylation is 1. The Balaban J connectivity index is 1.76. The van der Waals surface area contributed by atoms with E-state index in [1.807, 2.05) is 0 Å². The normalized spacial score (nSPS) is 27.5. The third-order valence-corrected chi connectivity index (χ3v) is 5.23. The van der Waals surface area contributed by atoms with Gasteiger partial charge in [0.05, 0.1) is 0 Å². The average Bonchev–Trinajstić information content (AvgIpc) is 2.55. The number of likely N-dealkylation sites (N-methyl/N-ethyl adjacent to an activating group) is 2. The fraction of sp³-hybridized carbons (Fsp3) is 0.667. The van der Waals surface area contributed by atoms with E-state index in [2.05, 4.69) is 53.2 Å². The number of fused-ring (bicyclic) bond motifs is 1. The molecule has 3 rings (SSSR count). The second-order valence-electron chi connectivity index (χ2n) is 6.31. The molecule has 1 aliphatic carbocycles. The SMILES string of the molecule is CCNC1c2ccccc2CCC1N1CCN(CC)CC1. The first kappa shape index (κ1) is 15.0. The van der Waals surface area contributed by atoms with E-state index in [9.17, 15) is 0 Å². The van der Waals surface area contributed by atoms with Crippen molar-refractivity contribution in [3.05, 3.63) is 35.4 Å². The summed E-state index contributed by atoms with van der Waals surface area (Å²) < 4.78 is 0. The molecule has 21 heavy (non-hydrogen) atoms. The van der Waals surface area contributed by atoms with E-state index in [0.717, 1.165) is 6.54 Å². The topological polar surface area (TPSA) is 18.5 Å². The van der Waals surface area contributed by atoms with Gasteiger partial charge in [-0.1, -0.05) is 38.1 Å². The van der Waals surface area contributed by atoms with Crippen LogP contribution in [0.5, 0.6) is 0 Å². The fourth-order valence-corrected chi connectivity index (χ4v) is 4.01. The van der Waals surface area contributed by atoms with Gasteiger partial charge in [0.1, 0.15) is 0 Å². The predicted molar refractivity (Wildman–Crippen MR) is 88.7 cm³/mol. The van der Waals surface area contributed by atoms with Gasteiger partial charge in [0.15, 0.2) is 0 Å². The second kappa shape index (κ2) is 6.91. The van der Waals surface area contributed by atoms with Crippen LogP contribution in [0.2, 0.25) is 0 Å². The zero-order chi connectivity index (χ0) is 14.7. The van der Waals surface area contributed by atoms with E-state index >= 15 is 0 Å². The molecule has 1 aliphatic heterocycles. The molecule has 3 nitrogen and oxygen atoms in total. The van der Waals surface area contributed by atoms with Crippen LogP contribution in [0, 0.1) is 0 Å². The van der Waals surface area contributed by atoms with Crippen LogP contribution in [0.3, 0.4) is 0 Å². The molecule has 0 bridgehead atoms. The number of hydrogen-bond donors (Lipinski definition) is 1. The van der Waals surface area contributed by atoms with Gasteiger partial charge in [0.25, 0.3) is 0 Å². The van der Waals surface area contributed by atoms with Crippen molar-refractivity contribution in [2.45, 2.75) is 38.8 Å². The maximum absolute atomic E-state index is 3.76. The van der Waals surface area contributed by atoms with Crippen molar-refractivity contribution in [3.8, 4) is 0 Å². The molecular weight excluding hydrogens is 258 g/mol. The summed E-state index contributed by atoms with van der Waals surface area (Å²) in [5.41, 5.74) is 3.08. The van der Waals surface area contributed by atoms with E-state index in [1.54, 1.807) is 5.56 Å². The number of nitrogens with zero attached hydrogens (tertiary/aromatic N) is 2. The minimum atomic E-state index is 0.508. The minimum absolute atomic E-state index is 0.508. The Morgan fingerprint density at radius 3 is 2.57 bits per heavy atom. The predicted octanol–water partition coefficient (Wildman–Crippen LogP) is 2.29. The summed E-state index contributed by atoms with van der Waals surface area (Å²) in [6.45, 7) is 11.6. The molecule has 2 unspecified atom stereocenters. The monoisotopic (exact) mass is 287 g/mol. The molecule has 116 valence electrons. The standard InChI is InChI=1S/C18H29N3/c1-3-19-18-16-8-6-5-7-15(16)9-10-17(18)21-13-11-20(4-2)12-14-21/h5-8,17-19H,3-4,9-14H2,1-2H3. The lowest BCUT2D eigenvalue weighted by Crippen LogP contribution is -2.54. The maximum Gasteiger partial charge on any atom is 0.0480 e.